The number of nitrogens with one attached hydrogen (secondary N) is 1. The molecule has 0 radical (unpaired) electrons. The second kappa shape index (κ2) is 4.04. The summed E-state index contributed by atoms with van der Waals surface area (Å²) in [4.78, 5) is 25.9. The van der Waals surface area contributed by atoms with E-state index in [1.54, 1.807) is 0 Å². The van der Waals surface area contributed by atoms with Gasteiger partial charge in [0.25, 0.3) is 5.91 Å². The first-order valence-electron chi connectivity index (χ1n) is 4.68. The van der Waals surface area contributed by atoms with Crippen LogP contribution in [0.4, 0.5) is 0 Å². The van der Waals surface area contributed by atoms with Crippen molar-refractivity contribution in [2.45, 2.75) is 12.8 Å². The molecule has 0 aliphatic carbocycles. The molecule has 1 aromatic carbocycles. The van der Waals surface area contributed by atoms with E-state index in [0.717, 1.165) is 5.56 Å². The zero-order valence-electron chi connectivity index (χ0n) is 8.06. The maximum atomic E-state index is 11.1. The molecule has 0 unspecified atom stereocenters. The Labute approximate surface area is 87.0 Å². The minimum Gasteiger partial charge on any atom is -0.313 e. The molecule has 1 aliphatic rings. The molecule has 15 heavy (non-hydrogen) atoms. The molecule has 0 spiro atoms. The van der Waals surface area contributed by atoms with E-state index < -0.39 is 0 Å². The lowest BCUT2D eigenvalue weighted by molar-refractivity contribution is -0.127. The summed E-state index contributed by atoms with van der Waals surface area (Å²) in [5.74, 6) is -0.215. The van der Waals surface area contributed by atoms with Crippen molar-refractivity contribution in [1.29, 1.82) is 0 Å². The Morgan fingerprint density at radius 1 is 1.20 bits per heavy atom. The second-order valence-electron chi connectivity index (χ2n) is 3.34. The molecular weight excluding hydrogens is 192 g/mol. The number of amidine groups is 1. The van der Waals surface area contributed by atoms with Crippen LogP contribution < -0.4 is 5.32 Å². The van der Waals surface area contributed by atoms with E-state index in [1.807, 2.05) is 30.3 Å². The van der Waals surface area contributed by atoms with Crippen LogP contribution in [0.15, 0.2) is 35.3 Å². The third kappa shape index (κ3) is 2.49. The van der Waals surface area contributed by atoms with Gasteiger partial charge in [-0.3, -0.25) is 9.59 Å². The van der Waals surface area contributed by atoms with Gasteiger partial charge in [-0.1, -0.05) is 30.3 Å². The van der Waals surface area contributed by atoms with Crippen LogP contribution in [0.25, 0.3) is 0 Å². The van der Waals surface area contributed by atoms with Crippen LogP contribution >= 0.6 is 0 Å². The first-order valence-corrected chi connectivity index (χ1v) is 4.68. The average molecular weight is 202 g/mol. The largest absolute Gasteiger partial charge is 0.313 e. The lowest BCUT2D eigenvalue weighted by atomic mass is 10.1. The van der Waals surface area contributed by atoms with Gasteiger partial charge < -0.3 is 5.32 Å². The van der Waals surface area contributed by atoms with E-state index >= 15 is 0 Å². The first-order chi connectivity index (χ1) is 7.24. The van der Waals surface area contributed by atoms with Gasteiger partial charge in [0.1, 0.15) is 12.3 Å². The second-order valence-corrected chi connectivity index (χ2v) is 3.34. The predicted octanol–water partition coefficient (Wildman–Crippen LogP) is 0.674. The molecule has 2 amide bonds. The summed E-state index contributed by atoms with van der Waals surface area (Å²) in [6.45, 7) is 0. The number of carbonyl (C=O) groups is 2. The standard InChI is InChI=1S/C11H10N2O2/c14-10-7-11(15)13-9(12-10)6-8-4-2-1-3-5-8/h1-5H,6-7H2,(H,12,13,14,15). The van der Waals surface area contributed by atoms with Crippen molar-refractivity contribution in [3.63, 3.8) is 0 Å². The quantitative estimate of drug-likeness (QED) is 0.717. The Hall–Kier alpha value is -1.97. The van der Waals surface area contributed by atoms with Gasteiger partial charge in [-0.25, -0.2) is 0 Å². The summed E-state index contributed by atoms with van der Waals surface area (Å²) in [6.07, 6.45) is 0.344. The number of hydrogen-bond donors (Lipinski definition) is 1. The molecule has 1 aromatic rings. The maximum absolute atomic E-state index is 11.1. The Morgan fingerprint density at radius 3 is 2.60 bits per heavy atom. The molecule has 1 aliphatic heterocycles. The number of rotatable bonds is 2. The molecule has 2 rings (SSSR count). The summed E-state index contributed by atoms with van der Waals surface area (Å²) >= 11 is 0. The number of nitrogens with zero attached hydrogens (tertiary/aromatic N) is 1. The van der Waals surface area contributed by atoms with Gasteiger partial charge in [-0.15, -0.1) is 0 Å². The van der Waals surface area contributed by atoms with Crippen LogP contribution in [0.5, 0.6) is 0 Å². The first kappa shape index (κ1) is 9.58. The average Bonchev–Trinajstić information content (AvgIpc) is 2.17. The summed E-state index contributed by atoms with van der Waals surface area (Å²) in [5.41, 5.74) is 1.02. The van der Waals surface area contributed by atoms with E-state index in [4.69, 9.17) is 0 Å². The van der Waals surface area contributed by atoms with E-state index in [2.05, 4.69) is 10.3 Å². The zero-order valence-corrected chi connectivity index (χ0v) is 8.06. The number of carbonyl (C=O) groups excluding carboxylic acids is 2. The van der Waals surface area contributed by atoms with Crippen molar-refractivity contribution in [1.82, 2.24) is 5.32 Å². The van der Waals surface area contributed by atoms with Gasteiger partial charge in [0.15, 0.2) is 0 Å². The lowest BCUT2D eigenvalue weighted by Crippen LogP contribution is -2.37. The highest BCUT2D eigenvalue weighted by atomic mass is 16.2. The van der Waals surface area contributed by atoms with Crippen LogP contribution in [0.3, 0.4) is 0 Å². The summed E-state index contributed by atoms with van der Waals surface area (Å²) in [7, 11) is 0. The van der Waals surface area contributed by atoms with Gasteiger partial charge in [-0.2, -0.15) is 4.99 Å². The molecule has 0 atom stereocenters. The molecule has 0 aromatic heterocycles. The number of hydrogen-bond acceptors (Lipinski definition) is 2. The maximum Gasteiger partial charge on any atom is 0.256 e. The van der Waals surface area contributed by atoms with Crippen LogP contribution in [-0.4, -0.2) is 17.6 Å². The topological polar surface area (TPSA) is 58.5 Å². The van der Waals surface area contributed by atoms with E-state index in [0.29, 0.717) is 12.3 Å². The summed E-state index contributed by atoms with van der Waals surface area (Å²) in [6, 6.07) is 9.57. The van der Waals surface area contributed by atoms with Crippen LogP contribution in [-0.2, 0) is 16.0 Å². The summed E-state index contributed by atoms with van der Waals surface area (Å²) in [5, 5.41) is 2.59. The third-order valence-corrected chi connectivity index (χ3v) is 2.07. The summed E-state index contributed by atoms with van der Waals surface area (Å²) < 4.78 is 0. The molecule has 0 bridgehead atoms. The van der Waals surface area contributed by atoms with Crippen molar-refractivity contribution < 1.29 is 9.59 Å². The SMILES string of the molecule is O=C1CC(=O)NC(Cc2ccccc2)=N1. The minimum atomic E-state index is -0.371. The van der Waals surface area contributed by atoms with E-state index in [-0.39, 0.29) is 18.2 Å². The minimum absolute atomic E-state index is 0.141. The van der Waals surface area contributed by atoms with Gasteiger partial charge >= 0.3 is 0 Å². The third-order valence-electron chi connectivity index (χ3n) is 2.07. The van der Waals surface area contributed by atoms with Gasteiger partial charge in [0.2, 0.25) is 5.91 Å². The normalized spacial score (nSPS) is 15.9. The Bertz CT molecular complexity index is 423. The number of benzene rings is 1. The molecule has 0 saturated carbocycles. The lowest BCUT2D eigenvalue weighted by Gasteiger charge is -2.11. The highest BCUT2D eigenvalue weighted by Crippen LogP contribution is 2.03. The zero-order chi connectivity index (χ0) is 10.7. The number of amides is 2. The van der Waals surface area contributed by atoms with Crippen LogP contribution in [0.2, 0.25) is 0 Å². The highest BCUT2D eigenvalue weighted by Gasteiger charge is 2.17. The van der Waals surface area contributed by atoms with Gasteiger partial charge in [0, 0.05) is 6.42 Å². The fourth-order valence-electron chi connectivity index (χ4n) is 1.43. The van der Waals surface area contributed by atoms with Crippen molar-refractivity contribution in [2.24, 2.45) is 4.99 Å². The van der Waals surface area contributed by atoms with Gasteiger partial charge in [-0.05, 0) is 5.56 Å². The van der Waals surface area contributed by atoms with E-state index in [1.165, 1.54) is 0 Å². The van der Waals surface area contributed by atoms with Crippen molar-refractivity contribution in [3.05, 3.63) is 35.9 Å². The fraction of sp³-hybridized carbons (Fsp3) is 0.182. The molecule has 4 nitrogen and oxygen atoms in total. The van der Waals surface area contributed by atoms with Crippen molar-refractivity contribution in [2.75, 3.05) is 0 Å². The molecule has 76 valence electrons. The Balaban J connectivity index is 2.13. The predicted molar refractivity (Wildman–Crippen MR) is 55.3 cm³/mol. The van der Waals surface area contributed by atoms with Gasteiger partial charge in [0.05, 0.1) is 0 Å². The monoisotopic (exact) mass is 202 g/mol. The molecule has 1 heterocycles. The van der Waals surface area contributed by atoms with Crippen LogP contribution in [0, 0.1) is 0 Å². The molecule has 1 N–H and O–H groups in total. The van der Waals surface area contributed by atoms with Crippen LogP contribution in [0.1, 0.15) is 12.0 Å². The smallest absolute Gasteiger partial charge is 0.256 e. The Kier molecular flexibility index (Phi) is 2.58. The molecular formula is C11H10N2O2. The molecule has 4 heteroatoms. The number of aliphatic imine (C=N–C) groups is 1. The van der Waals surface area contributed by atoms with E-state index in [9.17, 15) is 9.59 Å². The molecule has 0 saturated heterocycles. The Morgan fingerprint density at radius 2 is 1.93 bits per heavy atom. The van der Waals surface area contributed by atoms with Crippen molar-refractivity contribution in [3.8, 4) is 0 Å². The van der Waals surface area contributed by atoms with Crippen molar-refractivity contribution >= 4 is 17.6 Å². The molecule has 0 fully saturated rings. The fourth-order valence-corrected chi connectivity index (χ4v) is 1.43. The highest BCUT2D eigenvalue weighted by molar-refractivity contribution is 6.14.